The first kappa shape index (κ1) is 24.2. The van der Waals surface area contributed by atoms with Gasteiger partial charge in [-0.1, -0.05) is 36.4 Å². The standard InChI is InChI=1S/C28H33N3O2.ClH/c1-22(2)32-26-13-6-3-10-23(26)30-20-18-29(19-21-30)16-9-17-31-24-11-4-7-14-27(24)33-28-15-8-5-12-25(28)31;/h3-8,10-15,22H,9,16-21H2,1-2H3;1H. The summed E-state index contributed by atoms with van der Waals surface area (Å²) in [5, 5.41) is 0. The molecule has 0 saturated carbocycles. The molecule has 5 nitrogen and oxygen atoms in total. The van der Waals surface area contributed by atoms with Crippen molar-refractivity contribution in [3.63, 3.8) is 0 Å². The molecule has 2 heterocycles. The molecule has 0 spiro atoms. The Balaban J connectivity index is 0.00000274. The van der Waals surface area contributed by atoms with Crippen molar-refractivity contribution in [3.8, 4) is 17.2 Å². The zero-order chi connectivity index (χ0) is 22.6. The van der Waals surface area contributed by atoms with E-state index in [0.717, 1.165) is 74.3 Å². The van der Waals surface area contributed by atoms with Crippen LogP contribution in [0.25, 0.3) is 0 Å². The number of anilines is 3. The van der Waals surface area contributed by atoms with Gasteiger partial charge in [-0.15, -0.1) is 12.4 Å². The van der Waals surface area contributed by atoms with Gasteiger partial charge in [0, 0.05) is 32.7 Å². The van der Waals surface area contributed by atoms with Gasteiger partial charge < -0.3 is 19.3 Å². The number of fused-ring (bicyclic) bond motifs is 2. The molecule has 0 N–H and O–H groups in total. The van der Waals surface area contributed by atoms with Crippen molar-refractivity contribution < 1.29 is 9.47 Å². The summed E-state index contributed by atoms with van der Waals surface area (Å²) >= 11 is 0. The van der Waals surface area contributed by atoms with Gasteiger partial charge >= 0.3 is 0 Å². The Morgan fingerprint density at radius 1 is 0.735 bits per heavy atom. The van der Waals surface area contributed by atoms with Crippen LogP contribution in [0.3, 0.4) is 0 Å². The lowest BCUT2D eigenvalue weighted by Crippen LogP contribution is -2.47. The summed E-state index contributed by atoms with van der Waals surface area (Å²) in [4.78, 5) is 7.45. The maximum Gasteiger partial charge on any atom is 0.151 e. The van der Waals surface area contributed by atoms with Crippen LogP contribution in [-0.4, -0.2) is 50.3 Å². The highest BCUT2D eigenvalue weighted by molar-refractivity contribution is 5.85. The van der Waals surface area contributed by atoms with E-state index in [9.17, 15) is 0 Å². The average molecular weight is 480 g/mol. The number of piperazine rings is 1. The minimum Gasteiger partial charge on any atom is -0.489 e. The molecule has 0 radical (unpaired) electrons. The van der Waals surface area contributed by atoms with E-state index in [1.165, 1.54) is 5.69 Å². The lowest BCUT2D eigenvalue weighted by Gasteiger charge is -2.37. The molecule has 0 aliphatic carbocycles. The Hall–Kier alpha value is -2.89. The van der Waals surface area contributed by atoms with Crippen LogP contribution >= 0.6 is 12.4 Å². The average Bonchev–Trinajstić information content (AvgIpc) is 2.84. The van der Waals surface area contributed by atoms with Crippen LogP contribution < -0.4 is 19.3 Å². The first-order valence-electron chi connectivity index (χ1n) is 12.1. The number of ether oxygens (including phenoxy) is 2. The fraction of sp³-hybridized carbons (Fsp3) is 0.357. The zero-order valence-corrected chi connectivity index (χ0v) is 20.8. The molecule has 3 aromatic rings. The first-order valence-corrected chi connectivity index (χ1v) is 12.1. The second kappa shape index (κ2) is 11.0. The second-order valence-electron chi connectivity index (χ2n) is 9.01. The third-order valence-corrected chi connectivity index (χ3v) is 6.33. The molecule has 34 heavy (non-hydrogen) atoms. The van der Waals surface area contributed by atoms with E-state index in [4.69, 9.17) is 9.47 Å². The summed E-state index contributed by atoms with van der Waals surface area (Å²) in [5.41, 5.74) is 3.53. The number of para-hydroxylation sites is 6. The molecule has 0 atom stereocenters. The minimum atomic E-state index is 0. The van der Waals surface area contributed by atoms with Crippen molar-refractivity contribution in [2.24, 2.45) is 0 Å². The Morgan fingerprint density at radius 3 is 1.91 bits per heavy atom. The molecule has 2 aliphatic heterocycles. The SMILES string of the molecule is CC(C)Oc1ccccc1N1CCN(CCCN2c3ccccc3Oc3ccccc32)CC1.Cl. The molecule has 1 fully saturated rings. The van der Waals surface area contributed by atoms with E-state index in [1.807, 2.05) is 12.1 Å². The van der Waals surface area contributed by atoms with Gasteiger partial charge in [0.2, 0.25) is 0 Å². The summed E-state index contributed by atoms with van der Waals surface area (Å²) in [6.07, 6.45) is 1.29. The molecule has 6 heteroatoms. The van der Waals surface area contributed by atoms with Crippen LogP contribution in [0.5, 0.6) is 17.2 Å². The molecule has 0 unspecified atom stereocenters. The fourth-order valence-electron chi connectivity index (χ4n) is 4.76. The lowest BCUT2D eigenvalue weighted by atomic mass is 10.1. The number of rotatable bonds is 7. The van der Waals surface area contributed by atoms with E-state index < -0.39 is 0 Å². The van der Waals surface area contributed by atoms with Crippen molar-refractivity contribution in [1.82, 2.24) is 4.90 Å². The third-order valence-electron chi connectivity index (χ3n) is 6.33. The molecule has 0 aromatic heterocycles. The maximum atomic E-state index is 6.12. The van der Waals surface area contributed by atoms with Gasteiger partial charge in [-0.2, -0.15) is 0 Å². The molecule has 0 amide bonds. The van der Waals surface area contributed by atoms with Crippen LogP contribution in [0.15, 0.2) is 72.8 Å². The number of benzene rings is 3. The molecular formula is C28H34ClN3O2. The molecule has 1 saturated heterocycles. The highest BCUT2D eigenvalue weighted by Gasteiger charge is 2.24. The molecule has 0 bridgehead atoms. The van der Waals surface area contributed by atoms with Crippen LogP contribution in [0, 0.1) is 0 Å². The van der Waals surface area contributed by atoms with Crippen molar-refractivity contribution in [1.29, 1.82) is 0 Å². The third kappa shape index (κ3) is 5.26. The Kier molecular flexibility index (Phi) is 7.86. The Morgan fingerprint density at radius 2 is 1.29 bits per heavy atom. The largest absolute Gasteiger partial charge is 0.489 e. The van der Waals surface area contributed by atoms with Crippen molar-refractivity contribution in [2.45, 2.75) is 26.4 Å². The summed E-state index contributed by atoms with van der Waals surface area (Å²) in [6.45, 7) is 10.4. The Labute approximate surface area is 209 Å². The van der Waals surface area contributed by atoms with Gasteiger partial charge in [0.05, 0.1) is 23.2 Å². The van der Waals surface area contributed by atoms with Gasteiger partial charge in [0.15, 0.2) is 11.5 Å². The summed E-state index contributed by atoms with van der Waals surface area (Å²) in [7, 11) is 0. The van der Waals surface area contributed by atoms with E-state index in [-0.39, 0.29) is 18.5 Å². The van der Waals surface area contributed by atoms with E-state index in [0.29, 0.717) is 0 Å². The smallest absolute Gasteiger partial charge is 0.151 e. The molecule has 2 aliphatic rings. The van der Waals surface area contributed by atoms with Gasteiger partial charge in [0.25, 0.3) is 0 Å². The number of hydrogen-bond acceptors (Lipinski definition) is 5. The first-order chi connectivity index (χ1) is 16.2. The fourth-order valence-corrected chi connectivity index (χ4v) is 4.76. The highest BCUT2D eigenvalue weighted by Crippen LogP contribution is 2.46. The van der Waals surface area contributed by atoms with Crippen LogP contribution in [0.4, 0.5) is 17.1 Å². The van der Waals surface area contributed by atoms with E-state index >= 15 is 0 Å². The Bertz CT molecular complexity index is 1040. The predicted octanol–water partition coefficient (Wildman–Crippen LogP) is 6.35. The van der Waals surface area contributed by atoms with E-state index in [1.54, 1.807) is 0 Å². The number of hydrogen-bond donors (Lipinski definition) is 0. The summed E-state index contributed by atoms with van der Waals surface area (Å²) in [6, 6.07) is 25.1. The van der Waals surface area contributed by atoms with E-state index in [2.05, 4.69) is 89.2 Å². The van der Waals surface area contributed by atoms with Crippen molar-refractivity contribution in [3.05, 3.63) is 72.8 Å². The van der Waals surface area contributed by atoms with Crippen LogP contribution in [0.2, 0.25) is 0 Å². The topological polar surface area (TPSA) is 28.2 Å². The lowest BCUT2D eigenvalue weighted by molar-refractivity contribution is 0.237. The second-order valence-corrected chi connectivity index (χ2v) is 9.01. The summed E-state index contributed by atoms with van der Waals surface area (Å²) in [5.74, 6) is 2.87. The molecule has 3 aromatic carbocycles. The van der Waals surface area contributed by atoms with Crippen LogP contribution in [-0.2, 0) is 0 Å². The van der Waals surface area contributed by atoms with Gasteiger partial charge in [-0.05, 0) is 63.2 Å². The summed E-state index contributed by atoms with van der Waals surface area (Å²) < 4.78 is 12.2. The quantitative estimate of drug-likeness (QED) is 0.393. The van der Waals surface area contributed by atoms with Crippen molar-refractivity contribution in [2.75, 3.05) is 49.1 Å². The van der Waals surface area contributed by atoms with Crippen molar-refractivity contribution >= 4 is 29.5 Å². The highest BCUT2D eigenvalue weighted by atomic mass is 35.5. The van der Waals surface area contributed by atoms with Gasteiger partial charge in [-0.3, -0.25) is 4.90 Å². The number of nitrogens with zero attached hydrogens (tertiary/aromatic N) is 3. The number of halogens is 1. The minimum absolute atomic E-state index is 0. The normalized spacial score (nSPS) is 15.3. The van der Waals surface area contributed by atoms with Crippen LogP contribution in [0.1, 0.15) is 20.3 Å². The molecule has 5 rings (SSSR count). The predicted molar refractivity (Wildman–Crippen MR) is 143 cm³/mol. The molecule has 180 valence electrons. The molecular weight excluding hydrogens is 446 g/mol. The zero-order valence-electron chi connectivity index (χ0n) is 20.0. The monoisotopic (exact) mass is 479 g/mol. The van der Waals surface area contributed by atoms with Gasteiger partial charge in [-0.25, -0.2) is 0 Å². The van der Waals surface area contributed by atoms with Gasteiger partial charge in [0.1, 0.15) is 5.75 Å². The maximum absolute atomic E-state index is 6.12.